The van der Waals surface area contributed by atoms with E-state index in [4.69, 9.17) is 28.9 Å². The predicted molar refractivity (Wildman–Crippen MR) is 74.4 cm³/mol. The zero-order valence-corrected chi connectivity index (χ0v) is 12.2. The van der Waals surface area contributed by atoms with Gasteiger partial charge in [0, 0.05) is 18.3 Å². The quantitative estimate of drug-likeness (QED) is 0.596. The number of nitrogens with one attached hydrogen (secondary N) is 1. The Hall–Kier alpha value is -0.330. The molecule has 0 aliphatic heterocycles. The van der Waals surface area contributed by atoms with E-state index >= 15 is 0 Å². The minimum Gasteiger partial charge on any atom is -0.330 e. The van der Waals surface area contributed by atoms with Gasteiger partial charge >= 0.3 is 0 Å². The molecule has 0 spiro atoms. The zero-order valence-electron chi connectivity index (χ0n) is 9.83. The number of nitrogens with two attached hydrogens (primary N) is 1. The maximum Gasteiger partial charge on any atom is 0.240 e. The molecule has 0 aliphatic carbocycles. The first kappa shape index (κ1) is 15.7. The fraction of sp³-hybridized carbons (Fsp3) is 0.455. The molecule has 1 aromatic carbocycles. The van der Waals surface area contributed by atoms with Crippen LogP contribution in [0.3, 0.4) is 0 Å². The Bertz CT molecular complexity index is 492. The molecule has 0 aromatic heterocycles. The van der Waals surface area contributed by atoms with Gasteiger partial charge in [-0.2, -0.15) is 0 Å². The molecule has 1 aromatic rings. The lowest BCUT2D eigenvalue weighted by atomic mass is 10.1. The summed E-state index contributed by atoms with van der Waals surface area (Å²) in [4.78, 5) is 0.188. The van der Waals surface area contributed by atoms with Crippen LogP contribution in [0.15, 0.2) is 23.1 Å². The minimum atomic E-state index is -3.56. The summed E-state index contributed by atoms with van der Waals surface area (Å²) < 4.78 is 26.7. The van der Waals surface area contributed by atoms with E-state index < -0.39 is 10.0 Å². The number of alkyl halides is 2. The molecule has 3 N–H and O–H groups in total. The summed E-state index contributed by atoms with van der Waals surface area (Å²) >= 11 is 11.6. The summed E-state index contributed by atoms with van der Waals surface area (Å²) in [7, 11) is -3.56. The van der Waals surface area contributed by atoms with Crippen LogP contribution in [0, 0.1) is 0 Å². The summed E-state index contributed by atoms with van der Waals surface area (Å²) in [5.41, 5.74) is 6.61. The second kappa shape index (κ2) is 7.31. The molecule has 7 heteroatoms. The highest BCUT2D eigenvalue weighted by atomic mass is 35.5. The molecule has 0 aliphatic rings. The molecule has 0 unspecified atom stereocenters. The molecule has 102 valence electrons. The average Bonchev–Trinajstić information content (AvgIpc) is 2.37. The fourth-order valence-corrected chi connectivity index (χ4v) is 3.53. The highest BCUT2D eigenvalue weighted by Gasteiger charge is 2.19. The van der Waals surface area contributed by atoms with Crippen molar-refractivity contribution in [2.24, 2.45) is 5.73 Å². The molecule has 18 heavy (non-hydrogen) atoms. The van der Waals surface area contributed by atoms with Crippen LogP contribution in [0.4, 0.5) is 0 Å². The van der Waals surface area contributed by atoms with Gasteiger partial charge in [-0.15, -0.1) is 23.2 Å². The van der Waals surface area contributed by atoms with Crippen LogP contribution in [0.5, 0.6) is 0 Å². The van der Waals surface area contributed by atoms with Crippen LogP contribution in [0.2, 0.25) is 0 Å². The van der Waals surface area contributed by atoms with Crippen molar-refractivity contribution in [1.82, 2.24) is 4.72 Å². The zero-order chi connectivity index (χ0) is 13.6. The molecular weight excluding hydrogens is 295 g/mol. The summed E-state index contributed by atoms with van der Waals surface area (Å²) in [6, 6.07) is 4.95. The third kappa shape index (κ3) is 3.83. The second-order valence-corrected chi connectivity index (χ2v) is 5.97. The van der Waals surface area contributed by atoms with E-state index in [1.807, 2.05) is 0 Å². The molecule has 0 heterocycles. The normalized spacial score (nSPS) is 11.7. The van der Waals surface area contributed by atoms with Crippen LogP contribution in [0.1, 0.15) is 17.5 Å². The third-order valence-electron chi connectivity index (χ3n) is 2.47. The van der Waals surface area contributed by atoms with Crippen molar-refractivity contribution >= 4 is 33.2 Å². The van der Waals surface area contributed by atoms with Crippen LogP contribution in [-0.2, 0) is 21.8 Å². The summed E-state index contributed by atoms with van der Waals surface area (Å²) in [6.07, 6.45) is 0.588. The van der Waals surface area contributed by atoms with Crippen LogP contribution < -0.4 is 10.5 Å². The van der Waals surface area contributed by atoms with Crippen molar-refractivity contribution in [3.05, 3.63) is 29.3 Å². The maximum absolute atomic E-state index is 12.1. The van der Waals surface area contributed by atoms with Gasteiger partial charge in [0.25, 0.3) is 0 Å². The van der Waals surface area contributed by atoms with Gasteiger partial charge in [-0.25, -0.2) is 13.1 Å². The third-order valence-corrected chi connectivity index (χ3v) is 4.57. The van der Waals surface area contributed by atoms with E-state index in [2.05, 4.69) is 4.72 Å². The summed E-state index contributed by atoms with van der Waals surface area (Å²) in [6.45, 7) is 0.748. The molecule has 1 rings (SSSR count). The van der Waals surface area contributed by atoms with Crippen LogP contribution in [-0.4, -0.2) is 21.5 Å². The average molecular weight is 311 g/mol. The fourth-order valence-electron chi connectivity index (χ4n) is 1.53. The first-order valence-electron chi connectivity index (χ1n) is 5.49. The van der Waals surface area contributed by atoms with Gasteiger partial charge in [0.15, 0.2) is 0 Å². The van der Waals surface area contributed by atoms with Gasteiger partial charge in [-0.1, -0.05) is 12.1 Å². The van der Waals surface area contributed by atoms with Crippen molar-refractivity contribution in [2.75, 3.05) is 13.1 Å². The number of sulfonamides is 1. The molecule has 0 saturated carbocycles. The summed E-state index contributed by atoms with van der Waals surface area (Å²) in [5, 5.41) is 0. The first-order valence-corrected chi connectivity index (χ1v) is 8.04. The minimum absolute atomic E-state index is 0.107. The predicted octanol–water partition coefficient (Wildman–Crippen LogP) is 1.79. The lowest BCUT2D eigenvalue weighted by Gasteiger charge is -2.12. The highest BCUT2D eigenvalue weighted by Crippen LogP contribution is 2.23. The molecule has 0 atom stereocenters. The van der Waals surface area contributed by atoms with E-state index in [9.17, 15) is 8.42 Å². The van der Waals surface area contributed by atoms with Crippen molar-refractivity contribution in [2.45, 2.75) is 23.1 Å². The lowest BCUT2D eigenvalue weighted by Crippen LogP contribution is -2.27. The monoisotopic (exact) mass is 310 g/mol. The van der Waals surface area contributed by atoms with Crippen LogP contribution >= 0.6 is 23.2 Å². The maximum atomic E-state index is 12.1. The van der Waals surface area contributed by atoms with E-state index in [1.54, 1.807) is 12.1 Å². The van der Waals surface area contributed by atoms with Crippen molar-refractivity contribution in [3.63, 3.8) is 0 Å². The van der Waals surface area contributed by atoms with Gasteiger partial charge in [0.1, 0.15) is 0 Å². The van der Waals surface area contributed by atoms with E-state index in [0.717, 1.165) is 5.56 Å². The van der Waals surface area contributed by atoms with Gasteiger partial charge < -0.3 is 5.73 Å². The Morgan fingerprint density at radius 1 is 1.22 bits per heavy atom. The van der Waals surface area contributed by atoms with Gasteiger partial charge in [-0.3, -0.25) is 0 Å². The number of hydrogen-bond acceptors (Lipinski definition) is 3. The standard InChI is InChI=1S/C11H16Cl2N2O2S/c12-7-9-3-1-4-11(10(9)8-13)18(16,17)15-6-2-5-14/h1,3-4,15H,2,5-8,14H2. The Balaban J connectivity index is 3.08. The highest BCUT2D eigenvalue weighted by molar-refractivity contribution is 7.89. The first-order chi connectivity index (χ1) is 8.56. The number of hydrogen-bond donors (Lipinski definition) is 2. The molecule has 0 amide bonds. The van der Waals surface area contributed by atoms with Crippen LogP contribution in [0.25, 0.3) is 0 Å². The Morgan fingerprint density at radius 3 is 2.50 bits per heavy atom. The Kier molecular flexibility index (Phi) is 6.38. The molecule has 4 nitrogen and oxygen atoms in total. The van der Waals surface area contributed by atoms with Gasteiger partial charge in [0.05, 0.1) is 4.90 Å². The SMILES string of the molecule is NCCCNS(=O)(=O)c1cccc(CCl)c1CCl. The lowest BCUT2D eigenvalue weighted by molar-refractivity contribution is 0.578. The molecule has 0 bridgehead atoms. The number of halogens is 2. The Morgan fingerprint density at radius 2 is 1.94 bits per heavy atom. The van der Waals surface area contributed by atoms with E-state index in [1.165, 1.54) is 6.07 Å². The van der Waals surface area contributed by atoms with Gasteiger partial charge in [0.2, 0.25) is 10.0 Å². The number of rotatable bonds is 7. The molecule has 0 radical (unpaired) electrons. The van der Waals surface area contributed by atoms with E-state index in [0.29, 0.717) is 25.1 Å². The van der Waals surface area contributed by atoms with E-state index in [-0.39, 0.29) is 16.7 Å². The molecule has 0 fully saturated rings. The van der Waals surface area contributed by atoms with Crippen molar-refractivity contribution in [3.8, 4) is 0 Å². The number of benzene rings is 1. The Labute approximate surface area is 118 Å². The van der Waals surface area contributed by atoms with Gasteiger partial charge in [-0.05, 0) is 30.2 Å². The molecular formula is C11H16Cl2N2O2S. The second-order valence-electron chi connectivity index (χ2n) is 3.70. The summed E-state index contributed by atoms with van der Waals surface area (Å²) in [5.74, 6) is 0.338. The largest absolute Gasteiger partial charge is 0.330 e. The molecule has 0 saturated heterocycles. The smallest absolute Gasteiger partial charge is 0.240 e. The topological polar surface area (TPSA) is 72.2 Å². The van der Waals surface area contributed by atoms with Crippen molar-refractivity contribution < 1.29 is 8.42 Å². The van der Waals surface area contributed by atoms with Crippen molar-refractivity contribution in [1.29, 1.82) is 0 Å².